The molecular weight excluding hydrogens is 383 g/mol. The van der Waals surface area contributed by atoms with Crippen molar-refractivity contribution in [3.05, 3.63) is 58.9 Å². The van der Waals surface area contributed by atoms with Crippen LogP contribution in [-0.4, -0.2) is 42.7 Å². The second-order valence-electron chi connectivity index (χ2n) is 6.49. The van der Waals surface area contributed by atoms with Crippen LogP contribution in [0.1, 0.15) is 26.9 Å². The van der Waals surface area contributed by atoms with Gasteiger partial charge in [0.05, 0.1) is 19.8 Å². The molecule has 8 heteroatoms. The van der Waals surface area contributed by atoms with E-state index < -0.39 is 6.04 Å². The molecule has 1 fully saturated rings. The molecule has 2 aliphatic rings. The molecule has 2 aliphatic heterocycles. The topological polar surface area (TPSA) is 67.9 Å². The molecule has 0 saturated carbocycles. The molecule has 2 unspecified atom stereocenters. The average molecular weight is 402 g/mol. The highest BCUT2D eigenvalue weighted by atomic mass is 32.2. The van der Waals surface area contributed by atoms with Crippen molar-refractivity contribution >= 4 is 23.6 Å². The van der Waals surface area contributed by atoms with Crippen LogP contribution in [0.25, 0.3) is 0 Å². The van der Waals surface area contributed by atoms with Gasteiger partial charge in [-0.3, -0.25) is 9.59 Å². The Morgan fingerprint density at radius 2 is 2.04 bits per heavy atom. The van der Waals surface area contributed by atoms with Crippen molar-refractivity contribution in [2.45, 2.75) is 18.0 Å². The van der Waals surface area contributed by atoms with Crippen LogP contribution in [-0.2, 0) is 11.3 Å². The molecule has 2 heterocycles. The van der Waals surface area contributed by atoms with E-state index >= 15 is 0 Å². The van der Waals surface area contributed by atoms with Crippen LogP contribution < -0.4 is 14.8 Å². The van der Waals surface area contributed by atoms with Gasteiger partial charge in [0.1, 0.15) is 17.2 Å². The number of nitrogens with one attached hydrogen (secondary N) is 1. The Labute approximate surface area is 166 Å². The fraction of sp³-hybridized carbons (Fsp3) is 0.300. The molecule has 2 atom stereocenters. The number of halogens is 1. The summed E-state index contributed by atoms with van der Waals surface area (Å²) in [5.41, 5.74) is 1.66. The number of fused-ring (bicyclic) bond motifs is 3. The maximum Gasteiger partial charge on any atom is 0.260 e. The van der Waals surface area contributed by atoms with Crippen molar-refractivity contribution in [1.29, 1.82) is 0 Å². The van der Waals surface area contributed by atoms with Gasteiger partial charge in [0.2, 0.25) is 5.91 Å². The second-order valence-corrected chi connectivity index (χ2v) is 7.60. The van der Waals surface area contributed by atoms with Crippen molar-refractivity contribution in [3.63, 3.8) is 0 Å². The number of methoxy groups -OCH3 is 2. The van der Waals surface area contributed by atoms with Crippen LogP contribution in [0, 0.1) is 5.82 Å². The fourth-order valence-corrected chi connectivity index (χ4v) is 5.09. The molecular formula is C20H19FN2O4S. The Morgan fingerprint density at radius 1 is 1.25 bits per heavy atom. The highest BCUT2D eigenvalue weighted by Gasteiger charge is 2.50. The quantitative estimate of drug-likeness (QED) is 0.833. The standard InChI is InChI=1S/C20H19FN2O4S/c1-26-15-8-7-12-16(17(15)27-2)19(25)23-14(10-28-20(12)23)18(24)22-9-11-5-3-4-6-13(11)21/h3-8,14,20H,9-10H2,1-2H3,(H,22,24). The number of carbonyl (C=O) groups excluding carboxylic acids is 2. The van der Waals surface area contributed by atoms with Gasteiger partial charge in [-0.25, -0.2) is 4.39 Å². The third-order valence-electron chi connectivity index (χ3n) is 5.01. The van der Waals surface area contributed by atoms with E-state index in [1.165, 1.54) is 32.0 Å². The first kappa shape index (κ1) is 18.6. The van der Waals surface area contributed by atoms with Crippen LogP contribution in [0.15, 0.2) is 36.4 Å². The Balaban J connectivity index is 1.56. The minimum atomic E-state index is -0.627. The number of ether oxygens (including phenoxy) is 2. The summed E-state index contributed by atoms with van der Waals surface area (Å²) in [6.07, 6.45) is 0. The molecule has 0 aliphatic carbocycles. The van der Waals surface area contributed by atoms with Crippen LogP contribution >= 0.6 is 11.8 Å². The summed E-state index contributed by atoms with van der Waals surface area (Å²) >= 11 is 1.53. The zero-order valence-electron chi connectivity index (χ0n) is 15.4. The molecule has 2 aromatic carbocycles. The average Bonchev–Trinajstić information content (AvgIpc) is 3.26. The highest BCUT2D eigenvalue weighted by Crippen LogP contribution is 2.52. The normalized spacial score (nSPS) is 20.0. The number of nitrogens with zero attached hydrogens (tertiary/aromatic N) is 1. The first-order valence-electron chi connectivity index (χ1n) is 8.77. The fourth-order valence-electron chi connectivity index (χ4n) is 3.64. The Kier molecular flexibility index (Phi) is 4.89. The predicted molar refractivity (Wildman–Crippen MR) is 103 cm³/mol. The van der Waals surface area contributed by atoms with E-state index in [0.29, 0.717) is 28.4 Å². The number of thioether (sulfide) groups is 1. The lowest BCUT2D eigenvalue weighted by atomic mass is 10.1. The van der Waals surface area contributed by atoms with Gasteiger partial charge in [-0.15, -0.1) is 11.8 Å². The van der Waals surface area contributed by atoms with Gasteiger partial charge in [0.25, 0.3) is 5.91 Å². The molecule has 1 saturated heterocycles. The summed E-state index contributed by atoms with van der Waals surface area (Å²) < 4.78 is 24.5. The van der Waals surface area contributed by atoms with E-state index in [1.807, 2.05) is 6.07 Å². The van der Waals surface area contributed by atoms with Crippen molar-refractivity contribution in [3.8, 4) is 11.5 Å². The molecule has 0 radical (unpaired) electrons. The van der Waals surface area contributed by atoms with Crippen LogP contribution in [0.5, 0.6) is 11.5 Å². The number of benzene rings is 2. The zero-order valence-corrected chi connectivity index (χ0v) is 16.2. The largest absolute Gasteiger partial charge is 0.493 e. The summed E-state index contributed by atoms with van der Waals surface area (Å²) in [5.74, 6) is 0.403. The minimum absolute atomic E-state index is 0.0729. The van der Waals surface area contributed by atoms with Gasteiger partial charge >= 0.3 is 0 Å². The summed E-state index contributed by atoms with van der Waals surface area (Å²) in [5, 5.41) is 2.51. The first-order chi connectivity index (χ1) is 13.6. The van der Waals surface area contributed by atoms with E-state index in [4.69, 9.17) is 9.47 Å². The maximum atomic E-state index is 13.8. The number of amides is 2. The lowest BCUT2D eigenvalue weighted by molar-refractivity contribution is -0.124. The van der Waals surface area contributed by atoms with E-state index in [2.05, 4.69) is 5.32 Å². The first-order valence-corrected chi connectivity index (χ1v) is 9.82. The second kappa shape index (κ2) is 7.35. The number of carbonyl (C=O) groups is 2. The maximum absolute atomic E-state index is 13.8. The zero-order chi connectivity index (χ0) is 19.8. The van der Waals surface area contributed by atoms with Gasteiger partial charge in [0, 0.05) is 23.4 Å². The number of rotatable bonds is 5. The minimum Gasteiger partial charge on any atom is -0.493 e. The van der Waals surface area contributed by atoms with Crippen LogP contribution in [0.3, 0.4) is 0 Å². The molecule has 2 aromatic rings. The van der Waals surface area contributed by atoms with Gasteiger partial charge < -0.3 is 19.7 Å². The predicted octanol–water partition coefficient (Wildman–Crippen LogP) is 2.73. The smallest absolute Gasteiger partial charge is 0.260 e. The van der Waals surface area contributed by atoms with E-state index in [1.54, 1.807) is 29.2 Å². The van der Waals surface area contributed by atoms with E-state index in [-0.39, 0.29) is 29.6 Å². The lowest BCUT2D eigenvalue weighted by Gasteiger charge is -2.22. The Morgan fingerprint density at radius 3 is 2.75 bits per heavy atom. The third kappa shape index (κ3) is 2.88. The Hall–Kier alpha value is -2.74. The van der Waals surface area contributed by atoms with Crippen molar-refractivity contribution in [1.82, 2.24) is 10.2 Å². The van der Waals surface area contributed by atoms with Gasteiger partial charge in [-0.05, 0) is 12.1 Å². The van der Waals surface area contributed by atoms with Crippen molar-refractivity contribution < 1.29 is 23.5 Å². The van der Waals surface area contributed by atoms with Crippen LogP contribution in [0.4, 0.5) is 4.39 Å². The summed E-state index contributed by atoms with van der Waals surface area (Å²) in [6.45, 7) is 0.0729. The van der Waals surface area contributed by atoms with Gasteiger partial charge in [-0.2, -0.15) is 0 Å². The summed E-state index contributed by atoms with van der Waals surface area (Å²) in [7, 11) is 3.00. The van der Waals surface area contributed by atoms with E-state index in [0.717, 1.165) is 5.56 Å². The summed E-state index contributed by atoms with van der Waals surface area (Å²) in [6, 6.07) is 9.26. The number of hydrogen-bond acceptors (Lipinski definition) is 5. The molecule has 0 spiro atoms. The van der Waals surface area contributed by atoms with Crippen LogP contribution in [0.2, 0.25) is 0 Å². The van der Waals surface area contributed by atoms with Gasteiger partial charge in [0.15, 0.2) is 11.5 Å². The lowest BCUT2D eigenvalue weighted by Crippen LogP contribution is -2.45. The molecule has 0 aromatic heterocycles. The monoisotopic (exact) mass is 402 g/mol. The molecule has 1 N–H and O–H groups in total. The van der Waals surface area contributed by atoms with Crippen molar-refractivity contribution in [2.75, 3.05) is 20.0 Å². The summed E-state index contributed by atoms with van der Waals surface area (Å²) in [4.78, 5) is 27.4. The van der Waals surface area contributed by atoms with E-state index in [9.17, 15) is 14.0 Å². The van der Waals surface area contributed by atoms with Gasteiger partial charge in [-0.1, -0.05) is 24.3 Å². The van der Waals surface area contributed by atoms with Crippen molar-refractivity contribution in [2.24, 2.45) is 0 Å². The molecule has 2 amide bonds. The molecule has 0 bridgehead atoms. The molecule has 146 valence electrons. The third-order valence-corrected chi connectivity index (χ3v) is 6.31. The number of hydrogen-bond donors (Lipinski definition) is 1. The SMILES string of the molecule is COc1ccc2c(c1OC)C(=O)N1C(C(=O)NCc3ccccc3F)CSC21. The molecule has 4 rings (SSSR count). The molecule has 6 nitrogen and oxygen atoms in total. The Bertz CT molecular complexity index is 952. The molecule has 28 heavy (non-hydrogen) atoms. The highest BCUT2D eigenvalue weighted by molar-refractivity contribution is 7.99.